The van der Waals surface area contributed by atoms with Gasteiger partial charge in [0.1, 0.15) is 11.5 Å². The average Bonchev–Trinajstić information content (AvgIpc) is 2.74. The van der Waals surface area contributed by atoms with Crippen molar-refractivity contribution in [2.24, 2.45) is 0 Å². The Balaban J connectivity index is 1.85. The second-order valence-electron chi connectivity index (χ2n) is 6.02. The number of sulfonamides is 1. The molecule has 0 aliphatic rings. The van der Waals surface area contributed by atoms with Crippen molar-refractivity contribution in [1.82, 2.24) is 0 Å². The van der Waals surface area contributed by atoms with Crippen LogP contribution >= 0.6 is 0 Å². The van der Waals surface area contributed by atoms with Gasteiger partial charge in [0.15, 0.2) is 0 Å². The molecule has 0 radical (unpaired) electrons. The Bertz CT molecular complexity index is 1110. The van der Waals surface area contributed by atoms with E-state index in [2.05, 4.69) is 10.0 Å². The Morgan fingerprint density at radius 2 is 1.62 bits per heavy atom. The maximum atomic E-state index is 12.7. The highest BCUT2D eigenvalue weighted by Crippen LogP contribution is 2.29. The number of ether oxygens (including phenoxy) is 2. The molecule has 0 bridgehead atoms. The van der Waals surface area contributed by atoms with Crippen LogP contribution in [-0.2, 0) is 10.0 Å². The van der Waals surface area contributed by atoms with E-state index in [9.17, 15) is 13.2 Å². The zero-order valence-corrected chi connectivity index (χ0v) is 16.7. The van der Waals surface area contributed by atoms with E-state index in [0.29, 0.717) is 22.9 Å². The third kappa shape index (κ3) is 4.85. The number of amides is 1. The lowest BCUT2D eigenvalue weighted by Gasteiger charge is -2.12. The fraction of sp³-hybridized carbons (Fsp3) is 0.0952. The summed E-state index contributed by atoms with van der Waals surface area (Å²) >= 11 is 0. The van der Waals surface area contributed by atoms with Crippen molar-refractivity contribution in [3.05, 3.63) is 78.4 Å². The van der Waals surface area contributed by atoms with Crippen LogP contribution in [0.5, 0.6) is 11.5 Å². The Hall–Kier alpha value is -3.52. The lowest BCUT2D eigenvalue weighted by Crippen LogP contribution is -2.16. The molecule has 0 aromatic heterocycles. The SMILES string of the molecule is COc1ccc(OC)c(NC(=O)c2cccc(S(=O)(=O)Nc3ccccc3)c2)c1. The number of nitrogens with one attached hydrogen (secondary N) is 2. The second kappa shape index (κ2) is 8.66. The van der Waals surface area contributed by atoms with Crippen LogP contribution in [0, 0.1) is 0 Å². The van der Waals surface area contributed by atoms with Crippen molar-refractivity contribution >= 4 is 27.3 Å². The number of methoxy groups -OCH3 is 2. The first kappa shape index (κ1) is 20.2. The third-order valence-corrected chi connectivity index (χ3v) is 5.47. The van der Waals surface area contributed by atoms with Gasteiger partial charge in [-0.2, -0.15) is 0 Å². The molecule has 7 nitrogen and oxygen atoms in total. The molecule has 2 N–H and O–H groups in total. The first-order valence-electron chi connectivity index (χ1n) is 8.64. The third-order valence-electron chi connectivity index (χ3n) is 4.09. The van der Waals surface area contributed by atoms with Crippen molar-refractivity contribution < 1.29 is 22.7 Å². The molecule has 150 valence electrons. The number of anilines is 2. The Morgan fingerprint density at radius 3 is 2.31 bits per heavy atom. The number of benzene rings is 3. The van der Waals surface area contributed by atoms with Crippen LogP contribution in [0.15, 0.2) is 77.7 Å². The van der Waals surface area contributed by atoms with E-state index in [1.165, 1.54) is 38.5 Å². The smallest absolute Gasteiger partial charge is 0.261 e. The van der Waals surface area contributed by atoms with Gasteiger partial charge in [-0.25, -0.2) is 8.42 Å². The Labute approximate surface area is 169 Å². The number of para-hydroxylation sites is 1. The second-order valence-corrected chi connectivity index (χ2v) is 7.70. The van der Waals surface area contributed by atoms with Crippen LogP contribution < -0.4 is 19.5 Å². The summed E-state index contributed by atoms with van der Waals surface area (Å²) in [7, 11) is -0.839. The highest BCUT2D eigenvalue weighted by atomic mass is 32.2. The average molecular weight is 412 g/mol. The van der Waals surface area contributed by atoms with Gasteiger partial charge in [-0.1, -0.05) is 24.3 Å². The van der Waals surface area contributed by atoms with E-state index in [1.54, 1.807) is 48.5 Å². The lowest BCUT2D eigenvalue weighted by atomic mass is 10.2. The van der Waals surface area contributed by atoms with Crippen LogP contribution in [0.3, 0.4) is 0 Å². The summed E-state index contributed by atoms with van der Waals surface area (Å²) in [5.74, 6) is 0.520. The largest absolute Gasteiger partial charge is 0.497 e. The molecule has 0 spiro atoms. The number of hydrogen-bond acceptors (Lipinski definition) is 5. The molecule has 0 heterocycles. The predicted molar refractivity (Wildman–Crippen MR) is 111 cm³/mol. The van der Waals surface area contributed by atoms with Crippen LogP contribution in [0.1, 0.15) is 10.4 Å². The van der Waals surface area contributed by atoms with Gasteiger partial charge in [0.25, 0.3) is 15.9 Å². The minimum absolute atomic E-state index is 0.0217. The minimum Gasteiger partial charge on any atom is -0.497 e. The zero-order valence-electron chi connectivity index (χ0n) is 15.9. The van der Waals surface area contributed by atoms with Gasteiger partial charge in [-0.3, -0.25) is 9.52 Å². The van der Waals surface area contributed by atoms with Gasteiger partial charge in [0, 0.05) is 17.3 Å². The van der Waals surface area contributed by atoms with Crippen LogP contribution in [0.4, 0.5) is 11.4 Å². The summed E-state index contributed by atoms with van der Waals surface area (Å²) in [6.45, 7) is 0. The summed E-state index contributed by atoms with van der Waals surface area (Å²) in [5, 5.41) is 2.72. The molecule has 3 aromatic carbocycles. The van der Waals surface area contributed by atoms with Crippen molar-refractivity contribution in [2.45, 2.75) is 4.90 Å². The van der Waals surface area contributed by atoms with E-state index in [4.69, 9.17) is 9.47 Å². The van der Waals surface area contributed by atoms with Gasteiger partial charge in [0.2, 0.25) is 0 Å². The fourth-order valence-electron chi connectivity index (χ4n) is 2.63. The van der Waals surface area contributed by atoms with E-state index < -0.39 is 15.9 Å². The normalized spacial score (nSPS) is 10.8. The highest BCUT2D eigenvalue weighted by molar-refractivity contribution is 7.92. The molecule has 0 unspecified atom stereocenters. The van der Waals surface area contributed by atoms with Crippen molar-refractivity contribution in [3.63, 3.8) is 0 Å². The first-order valence-corrected chi connectivity index (χ1v) is 10.1. The summed E-state index contributed by atoms with van der Waals surface area (Å²) in [6, 6.07) is 19.3. The molecular formula is C21H20N2O5S. The summed E-state index contributed by atoms with van der Waals surface area (Å²) in [6.07, 6.45) is 0. The summed E-state index contributed by atoms with van der Waals surface area (Å²) in [4.78, 5) is 12.7. The van der Waals surface area contributed by atoms with E-state index >= 15 is 0 Å². The van der Waals surface area contributed by atoms with E-state index in [1.807, 2.05) is 0 Å². The molecule has 29 heavy (non-hydrogen) atoms. The molecule has 8 heteroatoms. The highest BCUT2D eigenvalue weighted by Gasteiger charge is 2.17. The zero-order chi connectivity index (χ0) is 20.9. The molecule has 0 aliphatic heterocycles. The van der Waals surface area contributed by atoms with Crippen molar-refractivity contribution in [3.8, 4) is 11.5 Å². The Morgan fingerprint density at radius 1 is 0.862 bits per heavy atom. The van der Waals surface area contributed by atoms with Crippen LogP contribution in [0.2, 0.25) is 0 Å². The molecule has 0 aliphatic carbocycles. The molecule has 3 rings (SSSR count). The van der Waals surface area contributed by atoms with Crippen molar-refractivity contribution in [1.29, 1.82) is 0 Å². The molecule has 3 aromatic rings. The molecule has 0 atom stereocenters. The molecular weight excluding hydrogens is 392 g/mol. The van der Waals surface area contributed by atoms with Gasteiger partial charge in [-0.15, -0.1) is 0 Å². The number of hydrogen-bond donors (Lipinski definition) is 2. The van der Waals surface area contributed by atoms with Gasteiger partial charge >= 0.3 is 0 Å². The lowest BCUT2D eigenvalue weighted by molar-refractivity contribution is 0.102. The van der Waals surface area contributed by atoms with E-state index in [0.717, 1.165) is 0 Å². The Kier molecular flexibility index (Phi) is 6.04. The standard InChI is InChI=1S/C21H20N2O5S/c1-27-17-11-12-20(28-2)19(14-17)22-21(24)15-7-6-10-18(13-15)29(25,26)23-16-8-4-3-5-9-16/h3-14,23H,1-2H3,(H,22,24). The van der Waals surface area contributed by atoms with Crippen LogP contribution in [-0.4, -0.2) is 28.5 Å². The van der Waals surface area contributed by atoms with Gasteiger partial charge in [0.05, 0.1) is 24.8 Å². The maximum Gasteiger partial charge on any atom is 0.261 e. The summed E-state index contributed by atoms with van der Waals surface area (Å²) in [5.41, 5.74) is 1.03. The van der Waals surface area contributed by atoms with Gasteiger partial charge < -0.3 is 14.8 Å². The minimum atomic E-state index is -3.84. The number of carbonyl (C=O) groups excluding carboxylic acids is 1. The quantitative estimate of drug-likeness (QED) is 0.616. The number of carbonyl (C=O) groups is 1. The fourth-order valence-corrected chi connectivity index (χ4v) is 3.74. The predicted octanol–water partition coefficient (Wildman–Crippen LogP) is 3.76. The first-order chi connectivity index (χ1) is 13.9. The molecule has 1 amide bonds. The van der Waals surface area contributed by atoms with Crippen molar-refractivity contribution in [2.75, 3.05) is 24.3 Å². The number of rotatable bonds is 7. The van der Waals surface area contributed by atoms with Crippen LogP contribution in [0.25, 0.3) is 0 Å². The molecule has 0 saturated heterocycles. The topological polar surface area (TPSA) is 93.7 Å². The molecule has 0 fully saturated rings. The summed E-state index contributed by atoms with van der Waals surface area (Å²) < 4.78 is 38.2. The van der Waals surface area contributed by atoms with E-state index in [-0.39, 0.29) is 10.5 Å². The monoisotopic (exact) mass is 412 g/mol. The molecule has 0 saturated carbocycles. The van der Waals surface area contributed by atoms with Gasteiger partial charge in [-0.05, 0) is 42.5 Å². The maximum absolute atomic E-state index is 12.7.